The molecular weight excluding hydrogens is 192 g/mol. The Balaban J connectivity index is 2.64. The van der Waals surface area contributed by atoms with Gasteiger partial charge in [0.25, 0.3) is 0 Å². The van der Waals surface area contributed by atoms with Crippen LogP contribution in [0.5, 0.6) is 0 Å². The van der Waals surface area contributed by atoms with Gasteiger partial charge >= 0.3 is 5.97 Å². The standard InChI is InChI=1S/C11H12N2O2/c1-7(11(14)15)8-4-3-5-10-9(8)6-13(2)12-10/h3-7H,1-2H3,(H,14,15). The van der Waals surface area contributed by atoms with Gasteiger partial charge in [0.2, 0.25) is 0 Å². The Labute approximate surface area is 87.1 Å². The highest BCUT2D eigenvalue weighted by Gasteiger charge is 2.17. The van der Waals surface area contributed by atoms with Crippen LogP contribution in [0.3, 0.4) is 0 Å². The zero-order chi connectivity index (χ0) is 11.0. The maximum Gasteiger partial charge on any atom is 0.310 e. The minimum Gasteiger partial charge on any atom is -0.481 e. The van der Waals surface area contributed by atoms with E-state index in [1.807, 2.05) is 31.4 Å². The summed E-state index contributed by atoms with van der Waals surface area (Å²) in [6.45, 7) is 1.68. The van der Waals surface area contributed by atoms with E-state index in [0.29, 0.717) is 0 Å². The zero-order valence-electron chi connectivity index (χ0n) is 8.64. The molecule has 2 rings (SSSR count). The molecule has 0 saturated heterocycles. The second-order valence-electron chi connectivity index (χ2n) is 3.64. The van der Waals surface area contributed by atoms with Crippen molar-refractivity contribution in [2.75, 3.05) is 0 Å². The van der Waals surface area contributed by atoms with E-state index in [1.165, 1.54) is 0 Å². The number of carboxylic acids is 1. The van der Waals surface area contributed by atoms with Crippen molar-refractivity contribution in [2.45, 2.75) is 12.8 Å². The van der Waals surface area contributed by atoms with Crippen LogP contribution in [0.25, 0.3) is 10.9 Å². The van der Waals surface area contributed by atoms with Gasteiger partial charge < -0.3 is 5.11 Å². The first-order valence-electron chi connectivity index (χ1n) is 4.74. The van der Waals surface area contributed by atoms with Crippen LogP contribution in [0.2, 0.25) is 0 Å². The molecule has 0 aliphatic carbocycles. The summed E-state index contributed by atoms with van der Waals surface area (Å²) < 4.78 is 1.70. The molecule has 0 aliphatic heterocycles. The summed E-state index contributed by atoms with van der Waals surface area (Å²) in [6, 6.07) is 5.56. The lowest BCUT2D eigenvalue weighted by Crippen LogP contribution is -2.07. The van der Waals surface area contributed by atoms with E-state index >= 15 is 0 Å². The topological polar surface area (TPSA) is 55.1 Å². The monoisotopic (exact) mass is 204 g/mol. The lowest BCUT2D eigenvalue weighted by molar-refractivity contribution is -0.138. The molecule has 1 aromatic heterocycles. The number of hydrogen-bond acceptors (Lipinski definition) is 2. The fraction of sp³-hybridized carbons (Fsp3) is 0.273. The lowest BCUT2D eigenvalue weighted by Gasteiger charge is -2.06. The summed E-state index contributed by atoms with van der Waals surface area (Å²) in [4.78, 5) is 10.9. The molecule has 0 fully saturated rings. The zero-order valence-corrected chi connectivity index (χ0v) is 8.64. The molecule has 1 N–H and O–H groups in total. The van der Waals surface area contributed by atoms with Gasteiger partial charge in [-0.1, -0.05) is 12.1 Å². The molecule has 1 atom stereocenters. The molecule has 1 aromatic carbocycles. The molecular formula is C11H12N2O2. The largest absolute Gasteiger partial charge is 0.481 e. The summed E-state index contributed by atoms with van der Waals surface area (Å²) in [7, 11) is 1.83. The number of fused-ring (bicyclic) bond motifs is 1. The van der Waals surface area contributed by atoms with Gasteiger partial charge in [-0.3, -0.25) is 9.48 Å². The molecule has 0 spiro atoms. The van der Waals surface area contributed by atoms with Crippen LogP contribution in [0.4, 0.5) is 0 Å². The fourth-order valence-electron chi connectivity index (χ4n) is 1.69. The molecule has 1 heterocycles. The van der Waals surface area contributed by atoms with Gasteiger partial charge in [-0.05, 0) is 18.6 Å². The third-order valence-electron chi connectivity index (χ3n) is 2.54. The van der Waals surface area contributed by atoms with Gasteiger partial charge in [-0.2, -0.15) is 5.10 Å². The van der Waals surface area contributed by atoms with Crippen molar-refractivity contribution in [1.82, 2.24) is 9.78 Å². The summed E-state index contributed by atoms with van der Waals surface area (Å²) in [5.74, 6) is -1.32. The van der Waals surface area contributed by atoms with E-state index in [4.69, 9.17) is 5.11 Å². The Bertz CT molecular complexity index is 516. The number of carboxylic acid groups (broad SMARTS) is 1. The van der Waals surface area contributed by atoms with Crippen LogP contribution in [0.1, 0.15) is 18.4 Å². The molecule has 0 saturated carbocycles. The highest BCUT2D eigenvalue weighted by Crippen LogP contribution is 2.24. The van der Waals surface area contributed by atoms with Crippen molar-refractivity contribution in [2.24, 2.45) is 7.05 Å². The van der Waals surface area contributed by atoms with E-state index in [2.05, 4.69) is 5.10 Å². The van der Waals surface area contributed by atoms with Crippen molar-refractivity contribution >= 4 is 16.9 Å². The Morgan fingerprint density at radius 2 is 2.27 bits per heavy atom. The van der Waals surface area contributed by atoms with Gasteiger partial charge in [0.1, 0.15) is 0 Å². The third-order valence-corrected chi connectivity index (χ3v) is 2.54. The van der Waals surface area contributed by atoms with Gasteiger partial charge in [-0.25, -0.2) is 0 Å². The van der Waals surface area contributed by atoms with Crippen LogP contribution >= 0.6 is 0 Å². The number of rotatable bonds is 2. The van der Waals surface area contributed by atoms with E-state index in [0.717, 1.165) is 16.5 Å². The maximum atomic E-state index is 10.9. The van der Waals surface area contributed by atoms with Crippen molar-refractivity contribution in [1.29, 1.82) is 0 Å². The quantitative estimate of drug-likeness (QED) is 0.810. The summed E-state index contributed by atoms with van der Waals surface area (Å²) >= 11 is 0. The summed E-state index contributed by atoms with van der Waals surface area (Å²) in [5.41, 5.74) is 1.65. The van der Waals surface area contributed by atoms with E-state index in [9.17, 15) is 4.79 Å². The van der Waals surface area contributed by atoms with Crippen LogP contribution in [-0.4, -0.2) is 20.9 Å². The summed E-state index contributed by atoms with van der Waals surface area (Å²) in [5, 5.41) is 14.1. The SMILES string of the molecule is CC(C(=O)O)c1cccc2nn(C)cc12. The predicted octanol–water partition coefficient (Wildman–Crippen LogP) is 1.76. The third kappa shape index (κ3) is 1.58. The average Bonchev–Trinajstić information content (AvgIpc) is 2.56. The van der Waals surface area contributed by atoms with Crippen LogP contribution in [-0.2, 0) is 11.8 Å². The molecule has 0 bridgehead atoms. The first-order chi connectivity index (χ1) is 7.09. The Kier molecular flexibility index (Phi) is 2.19. The molecule has 0 amide bonds. The number of hydrogen-bond donors (Lipinski definition) is 1. The molecule has 4 heteroatoms. The first kappa shape index (κ1) is 9.71. The minimum absolute atomic E-state index is 0.502. The summed E-state index contributed by atoms with van der Waals surface area (Å²) in [6.07, 6.45) is 1.85. The Morgan fingerprint density at radius 3 is 2.93 bits per heavy atom. The number of aryl methyl sites for hydroxylation is 1. The van der Waals surface area contributed by atoms with E-state index in [1.54, 1.807) is 11.6 Å². The second kappa shape index (κ2) is 3.38. The predicted molar refractivity (Wildman–Crippen MR) is 56.8 cm³/mol. The van der Waals surface area contributed by atoms with Gasteiger partial charge in [-0.15, -0.1) is 0 Å². The molecule has 0 radical (unpaired) electrons. The van der Waals surface area contributed by atoms with Crippen LogP contribution in [0, 0.1) is 0 Å². The number of aromatic nitrogens is 2. The smallest absolute Gasteiger partial charge is 0.310 e. The molecule has 15 heavy (non-hydrogen) atoms. The van der Waals surface area contributed by atoms with Gasteiger partial charge in [0.05, 0.1) is 11.4 Å². The number of aliphatic carboxylic acids is 1. The number of carbonyl (C=O) groups is 1. The highest BCUT2D eigenvalue weighted by atomic mass is 16.4. The molecule has 78 valence electrons. The normalized spacial score (nSPS) is 12.9. The molecule has 1 unspecified atom stereocenters. The molecule has 4 nitrogen and oxygen atoms in total. The van der Waals surface area contributed by atoms with Crippen molar-refractivity contribution < 1.29 is 9.90 Å². The Morgan fingerprint density at radius 1 is 1.53 bits per heavy atom. The molecule has 2 aromatic rings. The number of nitrogens with zero attached hydrogens (tertiary/aromatic N) is 2. The van der Waals surface area contributed by atoms with Crippen LogP contribution in [0.15, 0.2) is 24.4 Å². The highest BCUT2D eigenvalue weighted by molar-refractivity contribution is 5.88. The van der Waals surface area contributed by atoms with E-state index < -0.39 is 11.9 Å². The van der Waals surface area contributed by atoms with Crippen molar-refractivity contribution in [3.8, 4) is 0 Å². The van der Waals surface area contributed by atoms with Crippen LogP contribution < -0.4 is 0 Å². The van der Waals surface area contributed by atoms with Crippen molar-refractivity contribution in [3.05, 3.63) is 30.0 Å². The average molecular weight is 204 g/mol. The number of benzene rings is 1. The van der Waals surface area contributed by atoms with Crippen molar-refractivity contribution in [3.63, 3.8) is 0 Å². The van der Waals surface area contributed by atoms with Gasteiger partial charge in [0.15, 0.2) is 0 Å². The first-order valence-corrected chi connectivity index (χ1v) is 4.74. The maximum absolute atomic E-state index is 10.9. The lowest BCUT2D eigenvalue weighted by atomic mass is 9.98. The fourth-order valence-corrected chi connectivity index (χ4v) is 1.69. The molecule has 0 aliphatic rings. The Hall–Kier alpha value is -1.84. The second-order valence-corrected chi connectivity index (χ2v) is 3.64. The van der Waals surface area contributed by atoms with E-state index in [-0.39, 0.29) is 0 Å². The minimum atomic E-state index is -0.814. The van der Waals surface area contributed by atoms with Gasteiger partial charge in [0, 0.05) is 18.6 Å².